The van der Waals surface area contributed by atoms with Crippen molar-refractivity contribution in [2.75, 3.05) is 11.1 Å². The zero-order valence-corrected chi connectivity index (χ0v) is 27.0. The number of aryl methyl sites for hydroxylation is 2. The Morgan fingerprint density at radius 1 is 0.795 bits per heavy atom. The predicted octanol–water partition coefficient (Wildman–Crippen LogP) is 6.06. The number of nitrogens with one attached hydrogen (secondary N) is 2. The average molecular weight is 599 g/mol. The predicted molar refractivity (Wildman–Crippen MR) is 175 cm³/mol. The van der Waals surface area contributed by atoms with Crippen LogP contribution in [0.15, 0.2) is 36.4 Å². The summed E-state index contributed by atoms with van der Waals surface area (Å²) in [6.45, 7) is 10.4. The number of rotatable bonds is 4. The highest BCUT2D eigenvalue weighted by Gasteiger charge is 2.55. The lowest BCUT2D eigenvalue weighted by Crippen LogP contribution is -2.57. The van der Waals surface area contributed by atoms with Crippen molar-refractivity contribution in [3.63, 3.8) is 0 Å². The molecular formula is C37H50N4O3. The monoisotopic (exact) mass is 598 g/mol. The highest BCUT2D eigenvalue weighted by atomic mass is 16.2. The van der Waals surface area contributed by atoms with Crippen LogP contribution in [-0.4, -0.2) is 23.8 Å². The van der Waals surface area contributed by atoms with Gasteiger partial charge in [0.05, 0.1) is 16.9 Å². The lowest BCUT2D eigenvalue weighted by atomic mass is 9.52. The van der Waals surface area contributed by atoms with Crippen molar-refractivity contribution in [3.8, 4) is 0 Å². The second-order valence-corrected chi connectivity index (χ2v) is 15.1. The molecule has 0 unspecified atom stereocenters. The highest BCUT2D eigenvalue weighted by molar-refractivity contribution is 6.01. The number of hydrogen-bond donors (Lipinski definition) is 4. The van der Waals surface area contributed by atoms with Crippen LogP contribution in [0.5, 0.6) is 0 Å². The molecule has 9 atom stereocenters. The number of carbonyl (C=O) groups is 3. The Morgan fingerprint density at radius 3 is 1.82 bits per heavy atom. The maximum absolute atomic E-state index is 14.3. The van der Waals surface area contributed by atoms with E-state index in [1.54, 1.807) is 6.92 Å². The van der Waals surface area contributed by atoms with Gasteiger partial charge < -0.3 is 16.8 Å². The van der Waals surface area contributed by atoms with Gasteiger partial charge in [0.25, 0.3) is 0 Å². The third-order valence-electron chi connectivity index (χ3n) is 12.4. The third-order valence-corrected chi connectivity index (χ3v) is 12.4. The number of fused-ring (bicyclic) bond motifs is 6. The van der Waals surface area contributed by atoms with E-state index in [9.17, 15) is 14.4 Å². The topological polar surface area (TPSA) is 127 Å². The van der Waals surface area contributed by atoms with Gasteiger partial charge in [-0.15, -0.1) is 0 Å². The van der Waals surface area contributed by atoms with Crippen molar-refractivity contribution in [1.82, 2.24) is 5.32 Å². The molecule has 236 valence electrons. The number of nitrogen functional groups attached to an aromatic ring is 1. The normalized spacial score (nSPS) is 34.8. The van der Waals surface area contributed by atoms with E-state index in [2.05, 4.69) is 62.6 Å². The molecule has 0 aliphatic heterocycles. The van der Waals surface area contributed by atoms with Gasteiger partial charge in [-0.3, -0.25) is 19.7 Å². The van der Waals surface area contributed by atoms with Crippen LogP contribution in [0.1, 0.15) is 107 Å². The summed E-state index contributed by atoms with van der Waals surface area (Å²) in [6.07, 6.45) is 7.07. The number of hydrogen-bond acceptors (Lipinski definition) is 5. The van der Waals surface area contributed by atoms with Crippen LogP contribution in [0.2, 0.25) is 0 Å². The molecule has 0 bridgehead atoms. The average Bonchev–Trinajstić information content (AvgIpc) is 3.00. The van der Waals surface area contributed by atoms with E-state index < -0.39 is 16.9 Å². The maximum atomic E-state index is 14.3. The van der Waals surface area contributed by atoms with E-state index in [1.807, 2.05) is 12.1 Å². The molecule has 4 aliphatic carbocycles. The molecule has 2 saturated carbocycles. The van der Waals surface area contributed by atoms with Crippen molar-refractivity contribution >= 4 is 29.1 Å². The Kier molecular flexibility index (Phi) is 7.92. The Labute approximate surface area is 262 Å². The SMILES string of the molecule is C[C@H](N)C(=O)Nc1ccc2c(c1)[C@@H]1[C@@H](CC2)[C@@](C)(C(=O)NC(=O)[C@@]2(C)CC[C@H](C)[C@@H]3c4cc(N)ccc4CC[C@H]32)CC[C@@H]1C. The minimum atomic E-state index is -0.652. The zero-order valence-electron chi connectivity index (χ0n) is 27.0. The van der Waals surface area contributed by atoms with E-state index in [1.165, 1.54) is 22.3 Å². The quantitative estimate of drug-likeness (QED) is 0.251. The summed E-state index contributed by atoms with van der Waals surface area (Å²) < 4.78 is 0. The van der Waals surface area contributed by atoms with Gasteiger partial charge in [0.2, 0.25) is 17.7 Å². The van der Waals surface area contributed by atoms with Gasteiger partial charge in [-0.05, 0) is 140 Å². The maximum Gasteiger partial charge on any atom is 0.240 e. The summed E-state index contributed by atoms with van der Waals surface area (Å²) in [5.41, 5.74) is 17.4. The summed E-state index contributed by atoms with van der Waals surface area (Å²) >= 11 is 0. The first-order chi connectivity index (χ1) is 20.8. The summed E-state index contributed by atoms with van der Waals surface area (Å²) in [5.74, 6) is 1.15. The van der Waals surface area contributed by atoms with Gasteiger partial charge in [0.1, 0.15) is 0 Å². The van der Waals surface area contributed by atoms with Gasteiger partial charge in [-0.25, -0.2) is 0 Å². The number of nitrogens with two attached hydrogens (primary N) is 2. The molecule has 44 heavy (non-hydrogen) atoms. The van der Waals surface area contributed by atoms with Gasteiger partial charge in [-0.2, -0.15) is 0 Å². The fraction of sp³-hybridized carbons (Fsp3) is 0.595. The first-order valence-corrected chi connectivity index (χ1v) is 16.8. The largest absolute Gasteiger partial charge is 0.399 e. The summed E-state index contributed by atoms with van der Waals surface area (Å²) in [6, 6.07) is 11.8. The molecule has 6 N–H and O–H groups in total. The highest BCUT2D eigenvalue weighted by Crippen LogP contribution is 2.58. The first-order valence-electron chi connectivity index (χ1n) is 16.8. The molecule has 0 radical (unpaired) electrons. The van der Waals surface area contributed by atoms with Gasteiger partial charge in [0.15, 0.2) is 0 Å². The van der Waals surface area contributed by atoms with E-state index in [0.717, 1.165) is 62.7 Å². The molecule has 4 aliphatic rings. The Bertz CT molecular complexity index is 1490. The Hall–Kier alpha value is -3.19. The molecule has 7 heteroatoms. The smallest absolute Gasteiger partial charge is 0.240 e. The van der Waals surface area contributed by atoms with Crippen LogP contribution >= 0.6 is 0 Å². The van der Waals surface area contributed by atoms with Crippen molar-refractivity contribution in [2.24, 2.45) is 40.2 Å². The number of carbonyl (C=O) groups excluding carboxylic acids is 3. The van der Waals surface area contributed by atoms with E-state index >= 15 is 0 Å². The molecule has 2 fully saturated rings. The molecular weight excluding hydrogens is 548 g/mol. The molecule has 0 saturated heterocycles. The van der Waals surface area contributed by atoms with Crippen LogP contribution < -0.4 is 22.1 Å². The number of anilines is 2. The number of benzene rings is 2. The Morgan fingerprint density at radius 2 is 1.30 bits per heavy atom. The molecule has 7 nitrogen and oxygen atoms in total. The molecule has 2 aromatic carbocycles. The number of imide groups is 1. The van der Waals surface area contributed by atoms with Crippen molar-refractivity contribution < 1.29 is 14.4 Å². The fourth-order valence-corrected chi connectivity index (χ4v) is 9.61. The summed E-state index contributed by atoms with van der Waals surface area (Å²) in [7, 11) is 0. The molecule has 0 heterocycles. The van der Waals surface area contributed by atoms with Gasteiger partial charge >= 0.3 is 0 Å². The number of amides is 3. The second-order valence-electron chi connectivity index (χ2n) is 15.1. The summed E-state index contributed by atoms with van der Waals surface area (Å²) in [4.78, 5) is 40.9. The van der Waals surface area contributed by atoms with Crippen LogP contribution in [0.3, 0.4) is 0 Å². The van der Waals surface area contributed by atoms with E-state index in [4.69, 9.17) is 11.5 Å². The minimum absolute atomic E-state index is 0.106. The molecule has 3 amide bonds. The van der Waals surface area contributed by atoms with Crippen LogP contribution in [0.4, 0.5) is 11.4 Å². The zero-order chi connectivity index (χ0) is 31.6. The first kappa shape index (κ1) is 30.8. The molecule has 0 aromatic heterocycles. The molecule has 6 rings (SSSR count). The Balaban J connectivity index is 1.24. The molecule has 2 aromatic rings. The van der Waals surface area contributed by atoms with Crippen LogP contribution in [0, 0.1) is 34.5 Å². The standard InChI is InChI=1S/C37H50N4O3/c1-20-14-16-36(4,29-12-8-23-6-10-25(39)18-27(23)31(20)29)34(43)41-35(44)37(5)17-15-21(2)32-28-19-26(40-33(42)22(3)38)11-7-24(28)9-13-30(32)37/h6-7,10-11,18-22,29-32H,8-9,12-17,38-39H2,1-5H3,(H,40,42)(H,41,43,44)/t20-,21-,22-,29+,30+,31+,32+,36-,37-/m0/s1. The minimum Gasteiger partial charge on any atom is -0.399 e. The van der Waals surface area contributed by atoms with Gasteiger partial charge in [-0.1, -0.05) is 39.8 Å². The second kappa shape index (κ2) is 11.3. The van der Waals surface area contributed by atoms with Crippen LogP contribution in [-0.2, 0) is 27.2 Å². The molecule has 0 spiro atoms. The van der Waals surface area contributed by atoms with Crippen LogP contribution in [0.25, 0.3) is 0 Å². The van der Waals surface area contributed by atoms with E-state index in [0.29, 0.717) is 11.8 Å². The fourth-order valence-electron chi connectivity index (χ4n) is 9.61. The lowest BCUT2D eigenvalue weighted by molar-refractivity contribution is -0.149. The van der Waals surface area contributed by atoms with Crippen molar-refractivity contribution in [3.05, 3.63) is 58.7 Å². The van der Waals surface area contributed by atoms with Crippen molar-refractivity contribution in [2.45, 2.75) is 104 Å². The third kappa shape index (κ3) is 5.05. The summed E-state index contributed by atoms with van der Waals surface area (Å²) in [5, 5.41) is 5.98. The van der Waals surface area contributed by atoms with E-state index in [-0.39, 0.29) is 41.4 Å². The van der Waals surface area contributed by atoms with Crippen molar-refractivity contribution in [1.29, 1.82) is 0 Å². The van der Waals surface area contributed by atoms with Gasteiger partial charge in [0, 0.05) is 11.4 Å². The lowest BCUT2D eigenvalue weighted by Gasteiger charge is -2.52.